The Kier molecular flexibility index (Phi) is 11.7. The Labute approximate surface area is 341 Å². The van der Waals surface area contributed by atoms with Gasteiger partial charge in [-0.25, -0.2) is 32.1 Å². The lowest BCUT2D eigenvalue weighted by Gasteiger charge is -2.38. The van der Waals surface area contributed by atoms with E-state index in [9.17, 15) is 42.3 Å². The summed E-state index contributed by atoms with van der Waals surface area (Å²) >= 11 is 6.29. The van der Waals surface area contributed by atoms with Crippen LogP contribution in [-0.4, -0.2) is 109 Å². The number of carboxylic acid groups (broad SMARTS) is 1. The number of sulfonamides is 1. The van der Waals surface area contributed by atoms with Crippen LogP contribution in [0.5, 0.6) is 0 Å². The predicted octanol–water partition coefficient (Wildman–Crippen LogP) is 3.65. The van der Waals surface area contributed by atoms with E-state index in [4.69, 9.17) is 16.3 Å². The number of rotatable bonds is 11. The van der Waals surface area contributed by atoms with Gasteiger partial charge in [0.2, 0.25) is 15.9 Å². The average molecular weight is 849 g/mol. The van der Waals surface area contributed by atoms with Gasteiger partial charge in [-0.3, -0.25) is 14.4 Å². The second-order valence-electron chi connectivity index (χ2n) is 14.1. The number of hydrogen-bond acceptors (Lipinski definition) is 12. The van der Waals surface area contributed by atoms with Crippen LogP contribution < -0.4 is 20.3 Å². The normalized spacial score (nSPS) is 13.9. The SMILES string of the molecule is CCS(=O)(=O)NC(=O)Nc1ccc(CC(C(=O)Nc2ccc3c(c2)cc(C(=O)O)n3C(=O)OC(C)(C)C)N2CCN(c3cc(Cl)ccc3-n3cnnn3)C(=O)C2=O)cc1. The summed E-state index contributed by atoms with van der Waals surface area (Å²) < 4.78 is 33.1. The second kappa shape index (κ2) is 16.5. The molecule has 6 rings (SSSR count). The molecule has 308 valence electrons. The van der Waals surface area contributed by atoms with Gasteiger partial charge in [0.1, 0.15) is 23.7 Å². The first-order valence-electron chi connectivity index (χ1n) is 17.8. The molecule has 4 N–H and O–H groups in total. The number of aromatic carboxylic acids is 1. The lowest BCUT2D eigenvalue weighted by atomic mass is 10.0. The van der Waals surface area contributed by atoms with Crippen LogP contribution in [0.3, 0.4) is 0 Å². The summed E-state index contributed by atoms with van der Waals surface area (Å²) in [5, 5.41) is 26.8. The maximum absolute atomic E-state index is 14.3. The number of tetrazole rings is 1. The Morgan fingerprint density at radius 1 is 0.915 bits per heavy atom. The molecule has 1 aliphatic rings. The zero-order valence-electron chi connectivity index (χ0n) is 31.9. The predicted molar refractivity (Wildman–Crippen MR) is 213 cm³/mol. The number of piperazine rings is 1. The van der Waals surface area contributed by atoms with Crippen molar-refractivity contribution < 1.29 is 47.0 Å². The summed E-state index contributed by atoms with van der Waals surface area (Å²) in [4.78, 5) is 81.9. The minimum Gasteiger partial charge on any atom is -0.477 e. The Morgan fingerprint density at radius 2 is 1.63 bits per heavy atom. The van der Waals surface area contributed by atoms with Crippen molar-refractivity contribution in [1.29, 1.82) is 0 Å². The first-order valence-corrected chi connectivity index (χ1v) is 19.9. The molecule has 1 saturated heterocycles. The van der Waals surface area contributed by atoms with Crippen LogP contribution in [0.2, 0.25) is 5.02 Å². The maximum atomic E-state index is 14.3. The second-order valence-corrected chi connectivity index (χ2v) is 16.6. The highest BCUT2D eigenvalue weighted by Crippen LogP contribution is 2.31. The van der Waals surface area contributed by atoms with E-state index in [-0.39, 0.29) is 63.9 Å². The third-order valence-electron chi connectivity index (χ3n) is 8.89. The number of carbonyl (C=O) groups excluding carboxylic acids is 5. The molecule has 1 atom stereocenters. The van der Waals surface area contributed by atoms with Crippen LogP contribution in [0, 0.1) is 0 Å². The van der Waals surface area contributed by atoms with E-state index in [0.29, 0.717) is 11.3 Å². The molecule has 0 saturated carbocycles. The number of aromatic nitrogens is 5. The largest absolute Gasteiger partial charge is 0.477 e. The van der Waals surface area contributed by atoms with E-state index >= 15 is 0 Å². The molecule has 0 radical (unpaired) electrons. The van der Waals surface area contributed by atoms with Crippen LogP contribution in [-0.2, 0) is 35.6 Å². The Balaban J connectivity index is 1.30. The fourth-order valence-electron chi connectivity index (χ4n) is 6.20. The van der Waals surface area contributed by atoms with Gasteiger partial charge in [-0.2, -0.15) is 4.68 Å². The number of carbonyl (C=O) groups is 6. The van der Waals surface area contributed by atoms with Crippen LogP contribution in [0.25, 0.3) is 16.6 Å². The summed E-state index contributed by atoms with van der Waals surface area (Å²) in [6.07, 6.45) is 0.261. The number of hydrogen-bond donors (Lipinski definition) is 4. The van der Waals surface area contributed by atoms with Gasteiger partial charge in [0.05, 0.1) is 22.6 Å². The molecule has 59 heavy (non-hydrogen) atoms. The number of carboxylic acids is 1. The summed E-state index contributed by atoms with van der Waals surface area (Å²) in [7, 11) is -3.83. The number of amides is 5. The van der Waals surface area contributed by atoms with Gasteiger partial charge < -0.3 is 30.3 Å². The first-order chi connectivity index (χ1) is 27.8. The van der Waals surface area contributed by atoms with Gasteiger partial charge in [0.15, 0.2) is 0 Å². The molecular formula is C37H37ClN10O10S. The number of nitrogens with zero attached hydrogens (tertiary/aromatic N) is 7. The number of nitrogens with one attached hydrogen (secondary N) is 3. The van der Waals surface area contributed by atoms with Crippen molar-refractivity contribution >= 4 is 85.4 Å². The number of halogens is 1. The summed E-state index contributed by atoms with van der Waals surface area (Å²) in [6.45, 7) is 6.10. The quantitative estimate of drug-likeness (QED) is 0.139. The molecule has 2 aromatic heterocycles. The Hall–Kier alpha value is -6.87. The highest BCUT2D eigenvalue weighted by Gasteiger charge is 2.41. The van der Waals surface area contributed by atoms with Gasteiger partial charge in [0, 0.05) is 41.3 Å². The molecule has 3 heterocycles. The topological polar surface area (TPSA) is 257 Å². The third kappa shape index (κ3) is 9.47. The van der Waals surface area contributed by atoms with Gasteiger partial charge in [-0.05, 0) is 98.3 Å². The molecule has 0 aliphatic carbocycles. The van der Waals surface area contributed by atoms with Crippen molar-refractivity contribution in [2.75, 3.05) is 34.4 Å². The van der Waals surface area contributed by atoms with E-state index in [2.05, 4.69) is 26.2 Å². The molecule has 0 bridgehead atoms. The number of urea groups is 1. The van der Waals surface area contributed by atoms with Crippen molar-refractivity contribution in [3.05, 3.63) is 89.3 Å². The molecular weight excluding hydrogens is 812 g/mol. The third-order valence-corrected chi connectivity index (χ3v) is 10.4. The van der Waals surface area contributed by atoms with E-state index in [1.165, 1.54) is 65.3 Å². The molecule has 1 fully saturated rings. The zero-order chi connectivity index (χ0) is 42.8. The van der Waals surface area contributed by atoms with Gasteiger partial charge in [-0.15, -0.1) is 5.10 Å². The minimum atomic E-state index is -3.83. The fourth-order valence-corrected chi connectivity index (χ4v) is 6.84. The summed E-state index contributed by atoms with van der Waals surface area (Å²) in [5.41, 5.74) is 0.404. The monoisotopic (exact) mass is 848 g/mol. The number of ether oxygens (including phenoxy) is 1. The van der Waals surface area contributed by atoms with Crippen molar-refractivity contribution in [2.24, 2.45) is 0 Å². The number of benzene rings is 3. The Morgan fingerprint density at radius 3 is 2.27 bits per heavy atom. The van der Waals surface area contributed by atoms with Crippen molar-refractivity contribution in [3.63, 3.8) is 0 Å². The van der Waals surface area contributed by atoms with Crippen LogP contribution in [0.1, 0.15) is 43.7 Å². The van der Waals surface area contributed by atoms with Crippen molar-refractivity contribution in [3.8, 4) is 5.69 Å². The lowest BCUT2D eigenvalue weighted by molar-refractivity contribution is -0.149. The molecule has 3 aromatic carbocycles. The molecule has 5 aromatic rings. The van der Waals surface area contributed by atoms with Crippen molar-refractivity contribution in [1.82, 2.24) is 34.4 Å². The van der Waals surface area contributed by atoms with E-state index in [0.717, 1.165) is 9.47 Å². The maximum Gasteiger partial charge on any atom is 0.419 e. The van der Waals surface area contributed by atoms with Gasteiger partial charge in [-0.1, -0.05) is 23.7 Å². The number of anilines is 3. The molecule has 0 spiro atoms. The highest BCUT2D eigenvalue weighted by molar-refractivity contribution is 7.90. The van der Waals surface area contributed by atoms with Crippen LogP contribution >= 0.6 is 11.6 Å². The van der Waals surface area contributed by atoms with Crippen molar-refractivity contribution in [2.45, 2.75) is 45.8 Å². The lowest BCUT2D eigenvalue weighted by Crippen LogP contribution is -2.60. The minimum absolute atomic E-state index is 0.0649. The van der Waals surface area contributed by atoms with Crippen LogP contribution in [0.4, 0.5) is 26.7 Å². The summed E-state index contributed by atoms with van der Waals surface area (Å²) in [5.74, 6) is -4.40. The number of fused-ring (bicyclic) bond motifs is 1. The summed E-state index contributed by atoms with van der Waals surface area (Å²) in [6, 6.07) is 14.0. The highest BCUT2D eigenvalue weighted by atomic mass is 35.5. The molecule has 1 aliphatic heterocycles. The molecule has 5 amide bonds. The van der Waals surface area contributed by atoms with E-state index < -0.39 is 57.5 Å². The molecule has 20 nitrogen and oxygen atoms in total. The van der Waals surface area contributed by atoms with Gasteiger partial charge >= 0.3 is 29.9 Å². The van der Waals surface area contributed by atoms with E-state index in [1.54, 1.807) is 45.0 Å². The fraction of sp³-hybridized carbons (Fsp3) is 0.270. The molecule has 1 unspecified atom stereocenters. The van der Waals surface area contributed by atoms with Crippen LogP contribution in [0.15, 0.2) is 73.1 Å². The van der Waals surface area contributed by atoms with Gasteiger partial charge in [0.25, 0.3) is 0 Å². The zero-order valence-corrected chi connectivity index (χ0v) is 33.4. The smallest absolute Gasteiger partial charge is 0.419 e. The van der Waals surface area contributed by atoms with E-state index in [1.807, 2.05) is 4.72 Å². The first kappa shape index (κ1) is 41.8. The molecule has 22 heteroatoms. The Bertz CT molecular complexity index is 2590. The standard InChI is InChI=1S/C37H37ClN10O10S/c1-5-59(56,57)42-35(54)41-24-9-6-21(7-10-24)16-29(46-15-14-45(32(50)33(46)51)28-19-23(38)8-12-27(28)47-20-39-43-44-47)31(49)40-25-11-13-26-22(17-25)18-30(34(52)53)48(26)36(55)58-37(2,3)4/h6-13,17-20,29H,5,14-16H2,1-4H3,(H,40,49)(H,52,53)(H2,41,42,54). The average Bonchev–Trinajstić information content (AvgIpc) is 3.84.